The number of fused-ring (bicyclic) bond motifs is 5. The summed E-state index contributed by atoms with van der Waals surface area (Å²) in [4.78, 5) is 24.8. The first kappa shape index (κ1) is 39.6. The minimum absolute atomic E-state index is 0.0183. The molecule has 6 rings (SSSR count). The van der Waals surface area contributed by atoms with Crippen molar-refractivity contribution in [2.75, 3.05) is 22.9 Å². The number of aliphatic hydroxyl groups excluding tert-OH is 1. The lowest BCUT2D eigenvalue weighted by Crippen LogP contribution is -2.55. The summed E-state index contributed by atoms with van der Waals surface area (Å²) in [6.07, 6.45) is 15.9. The van der Waals surface area contributed by atoms with Gasteiger partial charge in [0.25, 0.3) is 0 Å². The van der Waals surface area contributed by atoms with Gasteiger partial charge < -0.3 is 28.0 Å². The fourth-order valence-corrected chi connectivity index (χ4v) is 11.6. The van der Waals surface area contributed by atoms with Crippen LogP contribution in [-0.2, 0) is 0 Å². The van der Waals surface area contributed by atoms with Crippen molar-refractivity contribution in [2.45, 2.75) is 125 Å². The highest BCUT2D eigenvalue weighted by Gasteiger charge is 2.62. The van der Waals surface area contributed by atoms with Crippen LogP contribution >= 0.6 is 0 Å². The van der Waals surface area contributed by atoms with Crippen LogP contribution in [0.3, 0.4) is 0 Å². The second-order valence-corrected chi connectivity index (χ2v) is 17.8. The van der Waals surface area contributed by atoms with Crippen molar-refractivity contribution < 1.29 is 14.7 Å². The number of carbonyl (C=O) groups excluding carboxylic acids is 2. The fraction of sp³-hybridized carbons (Fsp3) is 0.600. The van der Waals surface area contributed by atoms with Crippen LogP contribution in [0.2, 0.25) is 0 Å². The van der Waals surface area contributed by atoms with Crippen LogP contribution in [-0.4, -0.2) is 22.8 Å². The zero-order chi connectivity index (χ0) is 38.2. The molecule has 7 heteroatoms. The molecule has 9 N–H and O–H groups in total. The van der Waals surface area contributed by atoms with Crippen LogP contribution in [0.25, 0.3) is 0 Å². The predicted octanol–water partition coefficient (Wildman–Crippen LogP) is 9.81. The van der Waals surface area contributed by atoms with Crippen LogP contribution in [0.4, 0.5) is 22.7 Å². The van der Waals surface area contributed by atoms with Crippen molar-refractivity contribution in [1.82, 2.24) is 0 Å². The monoisotopic (exact) mass is 711 g/mol. The molecule has 9 unspecified atom stereocenters. The number of ketones is 2. The lowest BCUT2D eigenvalue weighted by atomic mass is 9.43. The van der Waals surface area contributed by atoms with Gasteiger partial charge in [0.2, 0.25) is 0 Å². The van der Waals surface area contributed by atoms with Gasteiger partial charge in [-0.15, -0.1) is 0 Å². The number of nitrogen functional groups attached to an aromatic ring is 4. The van der Waals surface area contributed by atoms with Crippen LogP contribution in [0, 0.1) is 45.8 Å². The molecule has 3 fully saturated rings. The third-order valence-corrected chi connectivity index (χ3v) is 14.1. The van der Waals surface area contributed by atoms with Crippen molar-refractivity contribution in [1.29, 1.82) is 0 Å². The van der Waals surface area contributed by atoms with Gasteiger partial charge in [0, 0.05) is 52.1 Å². The lowest BCUT2D eigenvalue weighted by molar-refractivity contribution is -0.0812. The van der Waals surface area contributed by atoms with Gasteiger partial charge in [-0.2, -0.15) is 0 Å². The van der Waals surface area contributed by atoms with Gasteiger partial charge >= 0.3 is 0 Å². The molecule has 9 atom stereocenters. The number of Topliss-reactive ketones (excluding diaryl/α,β-unsaturated/α-hetero) is 2. The topological polar surface area (TPSA) is 158 Å². The Kier molecular flexibility index (Phi) is 11.7. The standard InChI is InChI=1S/C36H54N2O2.C9H12N2O/c1-22(2)8-7-9-23(3)28-11-12-29-27-10-13-32-35(5,30(27)14-16-34(28,29)4)17-15-33(40)36(32,6)21-31(39)24-18-25(37)20-26(38)19-24;1-2-9(12)6-3-7(10)5-8(11)4-6/h8,13,18-20,23,27-30,33,40H,7,9-12,14-17,21,37-38H2,1-6H3;3-5H,2,10-11H2,1H3. The molecule has 2 aromatic rings. The zero-order valence-electron chi connectivity index (χ0n) is 32.9. The number of benzene rings is 2. The van der Waals surface area contributed by atoms with E-state index in [0.29, 0.717) is 64.0 Å². The maximum atomic E-state index is 13.6. The van der Waals surface area contributed by atoms with E-state index in [9.17, 15) is 14.7 Å². The SMILES string of the molecule is CC(C)=CCCC(C)C1CCC2C3CC=C4C(C)(CC(=O)c5cc(N)cc(N)c5)C(O)CCC4(C)C3CCC12C.CCC(=O)c1cc(N)cc(N)c1. The molecule has 4 aliphatic rings. The first-order valence-corrected chi connectivity index (χ1v) is 19.8. The molecule has 7 nitrogen and oxygen atoms in total. The molecule has 0 radical (unpaired) electrons. The molecule has 0 spiro atoms. The number of nitrogens with two attached hydrogens (primary N) is 4. The third-order valence-electron chi connectivity index (χ3n) is 14.1. The largest absolute Gasteiger partial charge is 0.399 e. The number of carbonyl (C=O) groups is 2. The Bertz CT molecular complexity index is 1670. The van der Waals surface area contributed by atoms with Crippen LogP contribution < -0.4 is 22.9 Å². The summed E-state index contributed by atoms with van der Waals surface area (Å²) in [5, 5.41) is 11.4. The highest BCUT2D eigenvalue weighted by atomic mass is 16.3. The smallest absolute Gasteiger partial charge is 0.163 e. The summed E-state index contributed by atoms with van der Waals surface area (Å²) in [6.45, 7) is 16.0. The predicted molar refractivity (Wildman–Crippen MR) is 217 cm³/mol. The maximum Gasteiger partial charge on any atom is 0.163 e. The Labute approximate surface area is 313 Å². The summed E-state index contributed by atoms with van der Waals surface area (Å²) in [5.74, 6) is 3.81. The van der Waals surface area contributed by atoms with E-state index >= 15 is 0 Å². The van der Waals surface area contributed by atoms with Crippen molar-refractivity contribution in [2.24, 2.45) is 45.8 Å². The highest BCUT2D eigenvalue weighted by Crippen LogP contribution is 2.69. The van der Waals surface area contributed by atoms with E-state index in [1.165, 1.54) is 49.7 Å². The van der Waals surface area contributed by atoms with Gasteiger partial charge in [0.15, 0.2) is 11.6 Å². The molecule has 0 amide bonds. The van der Waals surface area contributed by atoms with E-state index in [1.807, 2.05) is 6.92 Å². The fourth-order valence-electron chi connectivity index (χ4n) is 11.6. The van der Waals surface area contributed by atoms with Crippen molar-refractivity contribution in [3.8, 4) is 0 Å². The summed E-state index contributed by atoms with van der Waals surface area (Å²) < 4.78 is 0. The summed E-state index contributed by atoms with van der Waals surface area (Å²) in [5.41, 5.74) is 29.0. The quantitative estimate of drug-likeness (QED) is 0.0984. The minimum Gasteiger partial charge on any atom is -0.399 e. The second-order valence-electron chi connectivity index (χ2n) is 17.8. The molecule has 0 heterocycles. The van der Waals surface area contributed by atoms with E-state index in [2.05, 4.69) is 53.7 Å². The first-order chi connectivity index (χ1) is 24.4. The van der Waals surface area contributed by atoms with Crippen molar-refractivity contribution >= 4 is 34.3 Å². The number of allylic oxidation sites excluding steroid dienone is 3. The Morgan fingerprint density at radius 3 is 1.96 bits per heavy atom. The van der Waals surface area contributed by atoms with E-state index < -0.39 is 11.5 Å². The summed E-state index contributed by atoms with van der Waals surface area (Å²) in [7, 11) is 0. The van der Waals surface area contributed by atoms with Gasteiger partial charge in [0.05, 0.1) is 6.10 Å². The average molecular weight is 711 g/mol. The van der Waals surface area contributed by atoms with Crippen molar-refractivity contribution in [3.63, 3.8) is 0 Å². The molecule has 3 saturated carbocycles. The molecule has 0 saturated heterocycles. The normalized spacial score (nSPS) is 32.5. The van der Waals surface area contributed by atoms with E-state index in [0.717, 1.165) is 37.0 Å². The number of hydrogen-bond acceptors (Lipinski definition) is 7. The van der Waals surface area contributed by atoms with Crippen LogP contribution in [0.15, 0.2) is 59.7 Å². The average Bonchev–Trinajstić information content (AvgIpc) is 3.43. The van der Waals surface area contributed by atoms with Crippen LogP contribution in [0.5, 0.6) is 0 Å². The van der Waals surface area contributed by atoms with Crippen LogP contribution in [0.1, 0.15) is 140 Å². The van der Waals surface area contributed by atoms with Gasteiger partial charge in [-0.1, -0.05) is 57.9 Å². The number of hydrogen-bond donors (Lipinski definition) is 5. The Morgan fingerprint density at radius 1 is 0.827 bits per heavy atom. The second kappa shape index (κ2) is 15.4. The minimum atomic E-state index is -0.563. The summed E-state index contributed by atoms with van der Waals surface area (Å²) >= 11 is 0. The molecule has 284 valence electrons. The number of anilines is 4. The molecular weight excluding hydrogens is 645 g/mol. The third kappa shape index (κ3) is 7.71. The zero-order valence-corrected chi connectivity index (χ0v) is 32.9. The van der Waals surface area contributed by atoms with Crippen molar-refractivity contribution in [3.05, 3.63) is 70.8 Å². The number of rotatable bonds is 9. The Morgan fingerprint density at radius 2 is 1.40 bits per heavy atom. The number of aliphatic hydroxyl groups is 1. The molecule has 52 heavy (non-hydrogen) atoms. The molecule has 0 bridgehead atoms. The van der Waals surface area contributed by atoms with Gasteiger partial charge in [0.1, 0.15) is 0 Å². The molecular formula is C45H66N4O3. The molecule has 2 aromatic carbocycles. The maximum absolute atomic E-state index is 13.6. The Balaban J connectivity index is 0.000000370. The summed E-state index contributed by atoms with van der Waals surface area (Å²) in [6, 6.07) is 10.0. The van der Waals surface area contributed by atoms with Gasteiger partial charge in [-0.25, -0.2) is 0 Å². The van der Waals surface area contributed by atoms with Gasteiger partial charge in [-0.3, -0.25) is 9.59 Å². The molecule has 0 aromatic heterocycles. The van der Waals surface area contributed by atoms with E-state index in [-0.39, 0.29) is 17.0 Å². The van der Waals surface area contributed by atoms with Gasteiger partial charge in [-0.05, 0) is 148 Å². The van der Waals surface area contributed by atoms with E-state index in [4.69, 9.17) is 22.9 Å². The lowest BCUT2D eigenvalue weighted by Gasteiger charge is -2.61. The molecule has 4 aliphatic carbocycles. The molecule has 0 aliphatic heterocycles. The highest BCUT2D eigenvalue weighted by molar-refractivity contribution is 5.98. The van der Waals surface area contributed by atoms with E-state index in [1.54, 1.807) is 36.4 Å². The first-order valence-electron chi connectivity index (χ1n) is 19.8. The Hall–Kier alpha value is -3.58.